The first-order valence-electron chi connectivity index (χ1n) is 5.60. The third kappa shape index (κ3) is 4.08. The Kier molecular flexibility index (Phi) is 5.58. The summed E-state index contributed by atoms with van der Waals surface area (Å²) in [5.74, 6) is 0.843. The lowest BCUT2D eigenvalue weighted by atomic mass is 10.1. The Balaban J connectivity index is 2.02. The van der Waals surface area contributed by atoms with Gasteiger partial charge in [-0.05, 0) is 51.9 Å². The molecule has 1 fully saturated rings. The number of nitriles is 1. The average molecular weight is 195 g/mol. The summed E-state index contributed by atoms with van der Waals surface area (Å²) in [5.41, 5.74) is 0. The molecule has 1 N–H and O–H groups in total. The molecule has 3 heteroatoms. The molecule has 1 heterocycles. The summed E-state index contributed by atoms with van der Waals surface area (Å²) in [5, 5.41) is 11.6. The highest BCUT2D eigenvalue weighted by molar-refractivity contribution is 4.77. The minimum atomic E-state index is 0.716. The third-order valence-corrected chi connectivity index (χ3v) is 2.88. The second-order valence-corrected chi connectivity index (χ2v) is 4.13. The van der Waals surface area contributed by atoms with Gasteiger partial charge in [0.05, 0.1) is 6.07 Å². The van der Waals surface area contributed by atoms with Crippen LogP contribution in [0.15, 0.2) is 0 Å². The number of nitrogens with one attached hydrogen (secondary N) is 1. The highest BCUT2D eigenvalue weighted by atomic mass is 15.1. The van der Waals surface area contributed by atoms with Gasteiger partial charge in [-0.3, -0.25) is 0 Å². The van der Waals surface area contributed by atoms with Crippen molar-refractivity contribution in [3.8, 4) is 6.07 Å². The van der Waals surface area contributed by atoms with E-state index in [-0.39, 0.29) is 0 Å². The molecule has 1 saturated heterocycles. The summed E-state index contributed by atoms with van der Waals surface area (Å²) in [6.07, 6.45) is 4.29. The maximum atomic E-state index is 8.40. The van der Waals surface area contributed by atoms with Crippen molar-refractivity contribution in [1.82, 2.24) is 10.2 Å². The van der Waals surface area contributed by atoms with E-state index in [4.69, 9.17) is 5.26 Å². The number of nitrogens with zero attached hydrogens (tertiary/aromatic N) is 2. The fourth-order valence-electron chi connectivity index (χ4n) is 2.11. The van der Waals surface area contributed by atoms with Crippen LogP contribution in [0.1, 0.15) is 25.7 Å². The first-order valence-corrected chi connectivity index (χ1v) is 5.60. The van der Waals surface area contributed by atoms with Crippen LogP contribution in [0, 0.1) is 17.2 Å². The largest absolute Gasteiger partial charge is 0.319 e. The van der Waals surface area contributed by atoms with Crippen LogP contribution in [0.25, 0.3) is 0 Å². The van der Waals surface area contributed by atoms with Crippen LogP contribution in [-0.2, 0) is 0 Å². The summed E-state index contributed by atoms with van der Waals surface area (Å²) >= 11 is 0. The molecule has 0 aromatic carbocycles. The molecule has 0 aromatic heterocycles. The maximum Gasteiger partial charge on any atom is 0.0621 e. The van der Waals surface area contributed by atoms with Crippen LogP contribution in [0.2, 0.25) is 0 Å². The van der Waals surface area contributed by atoms with E-state index in [2.05, 4.69) is 16.3 Å². The minimum Gasteiger partial charge on any atom is -0.319 e. The van der Waals surface area contributed by atoms with Gasteiger partial charge >= 0.3 is 0 Å². The zero-order valence-electron chi connectivity index (χ0n) is 9.13. The quantitative estimate of drug-likeness (QED) is 0.648. The zero-order chi connectivity index (χ0) is 10.2. The van der Waals surface area contributed by atoms with Gasteiger partial charge < -0.3 is 10.2 Å². The summed E-state index contributed by atoms with van der Waals surface area (Å²) in [6.45, 7) is 4.82. The Morgan fingerprint density at radius 3 is 3.07 bits per heavy atom. The molecular formula is C11H21N3. The Morgan fingerprint density at radius 2 is 2.36 bits per heavy atom. The normalized spacial score (nSPS) is 22.4. The van der Waals surface area contributed by atoms with Gasteiger partial charge in [-0.2, -0.15) is 5.26 Å². The predicted octanol–water partition coefficient (Wildman–Crippen LogP) is 1.22. The second-order valence-electron chi connectivity index (χ2n) is 4.13. The Labute approximate surface area is 87.1 Å². The molecule has 1 rings (SSSR count). The fourth-order valence-corrected chi connectivity index (χ4v) is 2.11. The van der Waals surface area contributed by atoms with Gasteiger partial charge in [-0.1, -0.05) is 0 Å². The molecule has 0 aliphatic carbocycles. The van der Waals surface area contributed by atoms with E-state index in [1.807, 2.05) is 7.05 Å². The van der Waals surface area contributed by atoms with Gasteiger partial charge in [0.15, 0.2) is 0 Å². The molecule has 0 amide bonds. The Bertz CT molecular complexity index is 185. The van der Waals surface area contributed by atoms with Crippen LogP contribution in [0.4, 0.5) is 0 Å². The van der Waals surface area contributed by atoms with Crippen molar-refractivity contribution in [1.29, 1.82) is 5.26 Å². The highest BCUT2D eigenvalue weighted by Gasteiger charge is 2.20. The van der Waals surface area contributed by atoms with Crippen molar-refractivity contribution in [2.75, 3.05) is 33.2 Å². The number of hydrogen-bond donors (Lipinski definition) is 1. The smallest absolute Gasteiger partial charge is 0.0621 e. The second kappa shape index (κ2) is 6.80. The first kappa shape index (κ1) is 11.5. The van der Waals surface area contributed by atoms with Gasteiger partial charge in [0.2, 0.25) is 0 Å². The maximum absolute atomic E-state index is 8.40. The van der Waals surface area contributed by atoms with E-state index in [9.17, 15) is 0 Å². The third-order valence-electron chi connectivity index (χ3n) is 2.88. The summed E-state index contributed by atoms with van der Waals surface area (Å²) < 4.78 is 0. The van der Waals surface area contributed by atoms with Crippen LogP contribution in [0.3, 0.4) is 0 Å². The topological polar surface area (TPSA) is 39.1 Å². The fraction of sp³-hybridized carbons (Fsp3) is 0.909. The molecular weight excluding hydrogens is 174 g/mol. The molecule has 1 atom stereocenters. The standard InChI is InChI=1S/C11H21N3/c1-13-9-11-5-8-14(10-11)7-4-2-3-6-12/h11,13H,2-5,7-10H2,1H3. The van der Waals surface area contributed by atoms with Crippen molar-refractivity contribution >= 4 is 0 Å². The van der Waals surface area contributed by atoms with Gasteiger partial charge in [-0.25, -0.2) is 0 Å². The average Bonchev–Trinajstić information content (AvgIpc) is 2.61. The molecule has 0 radical (unpaired) electrons. The monoisotopic (exact) mass is 195 g/mol. The van der Waals surface area contributed by atoms with Crippen molar-refractivity contribution < 1.29 is 0 Å². The van der Waals surface area contributed by atoms with Crippen LogP contribution < -0.4 is 5.32 Å². The molecule has 0 saturated carbocycles. The number of likely N-dealkylation sites (tertiary alicyclic amines) is 1. The SMILES string of the molecule is CNCC1CCN(CCCCC#N)C1. The first-order chi connectivity index (χ1) is 6.86. The highest BCUT2D eigenvalue weighted by Crippen LogP contribution is 2.15. The minimum absolute atomic E-state index is 0.716. The lowest BCUT2D eigenvalue weighted by Gasteiger charge is -2.15. The van der Waals surface area contributed by atoms with E-state index >= 15 is 0 Å². The van der Waals surface area contributed by atoms with Crippen molar-refractivity contribution in [3.05, 3.63) is 0 Å². The van der Waals surface area contributed by atoms with E-state index in [0.29, 0.717) is 6.42 Å². The van der Waals surface area contributed by atoms with E-state index in [1.165, 1.54) is 32.5 Å². The molecule has 1 aliphatic heterocycles. The van der Waals surface area contributed by atoms with E-state index in [1.54, 1.807) is 0 Å². The lowest BCUT2D eigenvalue weighted by Crippen LogP contribution is -2.25. The van der Waals surface area contributed by atoms with Crippen LogP contribution in [-0.4, -0.2) is 38.1 Å². The molecule has 80 valence electrons. The molecule has 14 heavy (non-hydrogen) atoms. The molecule has 0 aromatic rings. The molecule has 1 aliphatic rings. The van der Waals surface area contributed by atoms with E-state index in [0.717, 1.165) is 18.9 Å². The lowest BCUT2D eigenvalue weighted by molar-refractivity contribution is 0.316. The molecule has 0 bridgehead atoms. The van der Waals surface area contributed by atoms with E-state index < -0.39 is 0 Å². The Hall–Kier alpha value is -0.590. The summed E-state index contributed by atoms with van der Waals surface area (Å²) in [4.78, 5) is 2.53. The number of unbranched alkanes of at least 4 members (excludes halogenated alkanes) is 2. The van der Waals surface area contributed by atoms with Gasteiger partial charge in [-0.15, -0.1) is 0 Å². The van der Waals surface area contributed by atoms with Crippen molar-refractivity contribution in [2.45, 2.75) is 25.7 Å². The molecule has 3 nitrogen and oxygen atoms in total. The van der Waals surface area contributed by atoms with Gasteiger partial charge in [0.1, 0.15) is 0 Å². The number of rotatable bonds is 6. The van der Waals surface area contributed by atoms with Crippen LogP contribution in [0.5, 0.6) is 0 Å². The summed E-state index contributed by atoms with van der Waals surface area (Å²) in [7, 11) is 2.02. The Morgan fingerprint density at radius 1 is 1.50 bits per heavy atom. The summed E-state index contributed by atoms with van der Waals surface area (Å²) in [6, 6.07) is 2.19. The molecule has 0 spiro atoms. The molecule has 1 unspecified atom stereocenters. The predicted molar refractivity (Wildman–Crippen MR) is 57.9 cm³/mol. The van der Waals surface area contributed by atoms with Gasteiger partial charge in [0.25, 0.3) is 0 Å². The van der Waals surface area contributed by atoms with Crippen molar-refractivity contribution in [2.24, 2.45) is 5.92 Å². The van der Waals surface area contributed by atoms with Crippen LogP contribution >= 0.6 is 0 Å². The number of hydrogen-bond acceptors (Lipinski definition) is 3. The van der Waals surface area contributed by atoms with Gasteiger partial charge in [0, 0.05) is 13.0 Å². The zero-order valence-corrected chi connectivity index (χ0v) is 9.13. The van der Waals surface area contributed by atoms with Crippen molar-refractivity contribution in [3.63, 3.8) is 0 Å².